The molecular weight excluding hydrogens is 356 g/mol. The van der Waals surface area contributed by atoms with Gasteiger partial charge in [-0.1, -0.05) is 43.0 Å². The Morgan fingerprint density at radius 1 is 1.28 bits per heavy atom. The fourth-order valence-corrected chi connectivity index (χ4v) is 3.50. The van der Waals surface area contributed by atoms with Crippen molar-refractivity contribution in [2.45, 2.75) is 39.2 Å². The third-order valence-electron chi connectivity index (χ3n) is 3.98. The van der Waals surface area contributed by atoms with Crippen LogP contribution in [0.1, 0.15) is 32.3 Å². The number of anilines is 1. The molecule has 1 saturated heterocycles. The number of hydrogen-bond donors (Lipinski definition) is 1. The maximum atomic E-state index is 12.1. The van der Waals surface area contributed by atoms with Gasteiger partial charge in [0, 0.05) is 18.8 Å². The highest BCUT2D eigenvalue weighted by Crippen LogP contribution is 2.16. The molecule has 1 fully saturated rings. The number of carbonyl (C=O) groups excluding carboxylic acids is 2. The molecule has 0 bridgehead atoms. The van der Waals surface area contributed by atoms with Gasteiger partial charge in [0.2, 0.25) is 0 Å². The zero-order chi connectivity index (χ0) is 18.2. The van der Waals surface area contributed by atoms with Crippen molar-refractivity contribution in [3.05, 3.63) is 29.8 Å². The van der Waals surface area contributed by atoms with Crippen molar-refractivity contribution in [1.82, 2.24) is 4.90 Å². The van der Waals surface area contributed by atoms with Gasteiger partial charge in [0.25, 0.3) is 5.91 Å². The zero-order valence-corrected chi connectivity index (χ0v) is 16.3. The number of aryl methyl sites for hydroxylation is 1. The minimum Gasteiger partial charge on any atom is -0.452 e. The van der Waals surface area contributed by atoms with E-state index in [-0.39, 0.29) is 11.7 Å². The van der Waals surface area contributed by atoms with E-state index < -0.39 is 12.1 Å². The summed E-state index contributed by atoms with van der Waals surface area (Å²) in [5.74, 6) is -0.654. The summed E-state index contributed by atoms with van der Waals surface area (Å²) in [6, 6.07) is 7.61. The first-order chi connectivity index (χ1) is 12.0. The van der Waals surface area contributed by atoms with Gasteiger partial charge < -0.3 is 15.0 Å². The van der Waals surface area contributed by atoms with Crippen molar-refractivity contribution in [2.24, 2.45) is 0 Å². The van der Waals surface area contributed by atoms with Gasteiger partial charge >= 0.3 is 5.97 Å². The van der Waals surface area contributed by atoms with Gasteiger partial charge in [0.05, 0.1) is 5.75 Å². The Balaban J connectivity index is 1.73. The number of amides is 1. The number of ether oxygens (including phenoxy) is 1. The SMILES string of the molecule is CCc1ccc(NC(=O)[C@H](C)OC(=O)CSC(=S)N2CCCC2)cc1. The van der Waals surface area contributed by atoms with Gasteiger partial charge in [-0.05, 0) is 43.9 Å². The number of esters is 1. The molecule has 0 saturated carbocycles. The summed E-state index contributed by atoms with van der Waals surface area (Å²) < 4.78 is 5.92. The summed E-state index contributed by atoms with van der Waals surface area (Å²) in [6.45, 7) is 5.55. The first-order valence-corrected chi connectivity index (χ1v) is 9.90. The number of nitrogens with one attached hydrogen (secondary N) is 1. The molecule has 1 N–H and O–H groups in total. The molecule has 1 amide bonds. The van der Waals surface area contributed by atoms with Crippen molar-refractivity contribution in [3.63, 3.8) is 0 Å². The Hall–Kier alpha value is -1.60. The second-order valence-corrected chi connectivity index (χ2v) is 7.53. The van der Waals surface area contributed by atoms with E-state index in [1.54, 1.807) is 6.92 Å². The van der Waals surface area contributed by atoms with Crippen LogP contribution in [0.5, 0.6) is 0 Å². The molecule has 0 aliphatic carbocycles. The molecule has 0 spiro atoms. The highest BCUT2D eigenvalue weighted by molar-refractivity contribution is 8.23. The lowest BCUT2D eigenvalue weighted by Gasteiger charge is -2.18. The molecule has 136 valence electrons. The van der Waals surface area contributed by atoms with Crippen LogP contribution < -0.4 is 5.32 Å². The number of benzene rings is 1. The molecule has 0 aromatic heterocycles. The summed E-state index contributed by atoms with van der Waals surface area (Å²) in [6.07, 6.45) is 2.38. The molecule has 1 aromatic carbocycles. The summed E-state index contributed by atoms with van der Waals surface area (Å²) in [4.78, 5) is 26.1. The second kappa shape index (κ2) is 9.77. The van der Waals surface area contributed by atoms with Crippen molar-refractivity contribution in [2.75, 3.05) is 24.2 Å². The number of nitrogens with zero attached hydrogens (tertiary/aromatic N) is 1. The molecule has 1 aliphatic heterocycles. The minimum atomic E-state index is -0.848. The maximum Gasteiger partial charge on any atom is 0.317 e. The topological polar surface area (TPSA) is 58.6 Å². The third kappa shape index (κ3) is 6.32. The summed E-state index contributed by atoms with van der Waals surface area (Å²) in [7, 11) is 0. The van der Waals surface area contributed by atoms with E-state index in [0.717, 1.165) is 36.7 Å². The van der Waals surface area contributed by atoms with Crippen LogP contribution >= 0.6 is 24.0 Å². The van der Waals surface area contributed by atoms with E-state index >= 15 is 0 Å². The van der Waals surface area contributed by atoms with E-state index in [1.165, 1.54) is 17.3 Å². The molecule has 0 radical (unpaired) electrons. The van der Waals surface area contributed by atoms with E-state index in [2.05, 4.69) is 17.1 Å². The maximum absolute atomic E-state index is 12.1. The Morgan fingerprint density at radius 2 is 1.92 bits per heavy atom. The number of thiocarbonyl (C=S) groups is 1. The van der Waals surface area contributed by atoms with Crippen molar-refractivity contribution < 1.29 is 14.3 Å². The highest BCUT2D eigenvalue weighted by Gasteiger charge is 2.20. The van der Waals surface area contributed by atoms with Gasteiger partial charge in [-0.15, -0.1) is 0 Å². The van der Waals surface area contributed by atoms with E-state index in [4.69, 9.17) is 17.0 Å². The number of thioether (sulfide) groups is 1. The number of carbonyl (C=O) groups is 2. The van der Waals surface area contributed by atoms with E-state index in [9.17, 15) is 9.59 Å². The molecule has 1 atom stereocenters. The largest absolute Gasteiger partial charge is 0.452 e. The molecule has 0 unspecified atom stereocenters. The minimum absolute atomic E-state index is 0.123. The molecule has 5 nitrogen and oxygen atoms in total. The van der Waals surface area contributed by atoms with Gasteiger partial charge in [0.1, 0.15) is 4.32 Å². The first kappa shape index (κ1) is 19.7. The van der Waals surface area contributed by atoms with Crippen LogP contribution in [0.4, 0.5) is 5.69 Å². The smallest absolute Gasteiger partial charge is 0.317 e. The van der Waals surface area contributed by atoms with Crippen LogP contribution in [-0.2, 0) is 20.7 Å². The lowest BCUT2D eigenvalue weighted by molar-refractivity contribution is -0.150. The quantitative estimate of drug-likeness (QED) is 0.604. The number of likely N-dealkylation sites (tertiary alicyclic amines) is 1. The summed E-state index contributed by atoms with van der Waals surface area (Å²) in [5.41, 5.74) is 1.89. The predicted molar refractivity (Wildman–Crippen MR) is 106 cm³/mol. The van der Waals surface area contributed by atoms with Crippen LogP contribution in [0.2, 0.25) is 0 Å². The molecule has 1 aromatic rings. The lowest BCUT2D eigenvalue weighted by Crippen LogP contribution is -2.31. The van der Waals surface area contributed by atoms with Crippen molar-refractivity contribution in [1.29, 1.82) is 0 Å². The monoisotopic (exact) mass is 380 g/mol. The van der Waals surface area contributed by atoms with Crippen LogP contribution in [0.3, 0.4) is 0 Å². The molecule has 7 heteroatoms. The second-order valence-electron chi connectivity index (χ2n) is 5.92. The predicted octanol–water partition coefficient (Wildman–Crippen LogP) is 3.23. The third-order valence-corrected chi connectivity index (χ3v) is 5.48. The van der Waals surface area contributed by atoms with E-state index in [1.807, 2.05) is 24.3 Å². The Morgan fingerprint density at radius 3 is 2.52 bits per heavy atom. The van der Waals surface area contributed by atoms with Crippen LogP contribution in [0, 0.1) is 0 Å². The first-order valence-electron chi connectivity index (χ1n) is 8.50. The van der Waals surface area contributed by atoms with Gasteiger partial charge in [0.15, 0.2) is 6.10 Å². The summed E-state index contributed by atoms with van der Waals surface area (Å²) in [5, 5.41) is 2.75. The van der Waals surface area contributed by atoms with Gasteiger partial charge in [-0.3, -0.25) is 9.59 Å². The van der Waals surface area contributed by atoms with E-state index in [0.29, 0.717) is 5.69 Å². The fourth-order valence-electron chi connectivity index (χ4n) is 2.46. The number of rotatable bonds is 6. The van der Waals surface area contributed by atoms with Crippen molar-refractivity contribution >= 4 is 45.9 Å². The molecular formula is C18H24N2O3S2. The standard InChI is InChI=1S/C18H24N2O3S2/c1-3-14-6-8-15(9-7-14)19-17(22)13(2)23-16(21)12-25-18(24)20-10-4-5-11-20/h6-9,13H,3-5,10-12H2,1-2H3,(H,19,22)/t13-/m0/s1. The average Bonchev–Trinajstić information content (AvgIpc) is 3.15. The molecule has 25 heavy (non-hydrogen) atoms. The van der Waals surface area contributed by atoms with Crippen LogP contribution in [-0.4, -0.2) is 46.0 Å². The summed E-state index contributed by atoms with van der Waals surface area (Å²) >= 11 is 6.60. The molecule has 1 aliphatic rings. The molecule has 1 heterocycles. The van der Waals surface area contributed by atoms with Gasteiger partial charge in [-0.25, -0.2) is 0 Å². The van der Waals surface area contributed by atoms with Crippen LogP contribution in [0.25, 0.3) is 0 Å². The Kier molecular flexibility index (Phi) is 7.71. The van der Waals surface area contributed by atoms with Gasteiger partial charge in [-0.2, -0.15) is 0 Å². The van der Waals surface area contributed by atoms with Crippen LogP contribution in [0.15, 0.2) is 24.3 Å². The zero-order valence-electron chi connectivity index (χ0n) is 14.6. The highest BCUT2D eigenvalue weighted by atomic mass is 32.2. The Labute approximate surface area is 158 Å². The number of hydrogen-bond acceptors (Lipinski definition) is 5. The molecule has 2 rings (SSSR count). The van der Waals surface area contributed by atoms with Crippen molar-refractivity contribution in [3.8, 4) is 0 Å². The average molecular weight is 381 g/mol. The Bertz CT molecular complexity index is 613. The normalized spacial score (nSPS) is 14.9. The lowest BCUT2D eigenvalue weighted by atomic mass is 10.1. The fraction of sp³-hybridized carbons (Fsp3) is 0.500.